The van der Waals surface area contributed by atoms with E-state index in [1.165, 1.54) is 5.56 Å². The number of furan rings is 1. The quantitative estimate of drug-likeness (QED) is 0.734. The van der Waals surface area contributed by atoms with Gasteiger partial charge in [-0.2, -0.15) is 0 Å². The van der Waals surface area contributed by atoms with Gasteiger partial charge in [-0.15, -0.1) is 0 Å². The number of pyridine rings is 1. The number of nitrogens with zero attached hydrogens (tertiary/aromatic N) is 3. The Balaban J connectivity index is 1.48. The zero-order chi connectivity index (χ0) is 17.8. The third-order valence-electron chi connectivity index (χ3n) is 4.63. The Labute approximate surface area is 152 Å². The van der Waals surface area contributed by atoms with Crippen molar-refractivity contribution in [2.75, 3.05) is 7.11 Å². The predicted octanol–water partition coefficient (Wildman–Crippen LogP) is 3.45. The number of aromatic nitrogens is 3. The minimum Gasteiger partial charge on any atom is -0.462 e. The number of fused-ring (bicyclic) bond motifs is 1. The molecule has 6 nitrogen and oxygen atoms in total. The third-order valence-corrected chi connectivity index (χ3v) is 4.63. The first-order chi connectivity index (χ1) is 12.8. The Morgan fingerprint density at radius 2 is 2.15 bits per heavy atom. The first-order valence-electron chi connectivity index (χ1n) is 8.89. The highest BCUT2D eigenvalue weighted by Crippen LogP contribution is 2.29. The van der Waals surface area contributed by atoms with Gasteiger partial charge < -0.3 is 14.5 Å². The second-order valence-electron chi connectivity index (χ2n) is 6.46. The van der Waals surface area contributed by atoms with E-state index in [0.717, 1.165) is 47.9 Å². The fraction of sp³-hybridized carbons (Fsp3) is 0.350. The highest BCUT2D eigenvalue weighted by Gasteiger charge is 2.22. The third kappa shape index (κ3) is 3.66. The maximum absolute atomic E-state index is 5.75. The van der Waals surface area contributed by atoms with Crippen LogP contribution in [0.4, 0.5) is 0 Å². The van der Waals surface area contributed by atoms with Crippen molar-refractivity contribution in [2.24, 2.45) is 0 Å². The molecule has 134 valence electrons. The number of hydrogen-bond donors (Lipinski definition) is 1. The Morgan fingerprint density at radius 1 is 1.23 bits per heavy atom. The smallest absolute Gasteiger partial charge is 0.160 e. The fourth-order valence-electron chi connectivity index (χ4n) is 3.35. The molecule has 0 bridgehead atoms. The van der Waals surface area contributed by atoms with Crippen LogP contribution in [0.15, 0.2) is 47.3 Å². The van der Waals surface area contributed by atoms with E-state index in [4.69, 9.17) is 14.1 Å². The average molecular weight is 350 g/mol. The fourth-order valence-corrected chi connectivity index (χ4v) is 3.35. The lowest BCUT2D eigenvalue weighted by Gasteiger charge is -2.25. The van der Waals surface area contributed by atoms with Crippen LogP contribution >= 0.6 is 0 Å². The van der Waals surface area contributed by atoms with Crippen molar-refractivity contribution < 1.29 is 9.15 Å². The van der Waals surface area contributed by atoms with Crippen molar-refractivity contribution in [3.8, 4) is 11.4 Å². The number of aryl methyl sites for hydroxylation is 1. The SMILES string of the molecule is COCc1ccc(CN[C@@H]2CCCc3nc(-c4cccnc4)ncc32)o1. The normalized spacial score (nSPS) is 16.4. The summed E-state index contributed by atoms with van der Waals surface area (Å²) in [7, 11) is 1.67. The molecule has 4 rings (SSSR count). The summed E-state index contributed by atoms with van der Waals surface area (Å²) in [4.78, 5) is 13.5. The van der Waals surface area contributed by atoms with Gasteiger partial charge >= 0.3 is 0 Å². The van der Waals surface area contributed by atoms with Crippen molar-refractivity contribution in [3.63, 3.8) is 0 Å². The van der Waals surface area contributed by atoms with Gasteiger partial charge in [-0.3, -0.25) is 4.98 Å². The van der Waals surface area contributed by atoms with Crippen LogP contribution in [0.1, 0.15) is 41.7 Å². The first-order valence-corrected chi connectivity index (χ1v) is 8.89. The van der Waals surface area contributed by atoms with Crippen molar-refractivity contribution in [1.82, 2.24) is 20.3 Å². The molecule has 1 atom stereocenters. The molecule has 3 aromatic heterocycles. The van der Waals surface area contributed by atoms with Crippen LogP contribution in [0.3, 0.4) is 0 Å². The van der Waals surface area contributed by atoms with Gasteiger partial charge in [0.15, 0.2) is 5.82 Å². The minimum absolute atomic E-state index is 0.248. The van der Waals surface area contributed by atoms with Crippen LogP contribution in [0.2, 0.25) is 0 Å². The van der Waals surface area contributed by atoms with Crippen LogP contribution in [-0.2, 0) is 24.3 Å². The Kier molecular flexibility index (Phi) is 5.04. The molecule has 1 aliphatic carbocycles. The van der Waals surface area contributed by atoms with Crippen LogP contribution < -0.4 is 5.32 Å². The maximum Gasteiger partial charge on any atom is 0.160 e. The van der Waals surface area contributed by atoms with Gasteiger partial charge in [-0.1, -0.05) is 0 Å². The Hall–Kier alpha value is -2.57. The minimum atomic E-state index is 0.248. The van der Waals surface area contributed by atoms with Crippen molar-refractivity contribution in [2.45, 2.75) is 38.5 Å². The molecule has 0 saturated carbocycles. The zero-order valence-corrected chi connectivity index (χ0v) is 14.8. The number of nitrogens with one attached hydrogen (secondary N) is 1. The van der Waals surface area contributed by atoms with Gasteiger partial charge in [0.1, 0.15) is 18.1 Å². The molecule has 0 aliphatic heterocycles. The molecule has 0 radical (unpaired) electrons. The maximum atomic E-state index is 5.75. The van der Waals surface area contributed by atoms with E-state index in [2.05, 4.69) is 15.3 Å². The average Bonchev–Trinajstić information content (AvgIpc) is 3.14. The molecule has 0 unspecified atom stereocenters. The topological polar surface area (TPSA) is 73.1 Å². The summed E-state index contributed by atoms with van der Waals surface area (Å²) in [6, 6.07) is 8.09. The van der Waals surface area contributed by atoms with E-state index < -0.39 is 0 Å². The summed E-state index contributed by atoms with van der Waals surface area (Å²) in [5, 5.41) is 3.58. The first kappa shape index (κ1) is 16.9. The van der Waals surface area contributed by atoms with E-state index >= 15 is 0 Å². The van der Waals surface area contributed by atoms with Gasteiger partial charge in [0.05, 0.1) is 6.54 Å². The molecule has 3 aromatic rings. The second-order valence-corrected chi connectivity index (χ2v) is 6.46. The van der Waals surface area contributed by atoms with Gasteiger partial charge in [0, 0.05) is 48.6 Å². The number of rotatable bonds is 6. The van der Waals surface area contributed by atoms with E-state index in [0.29, 0.717) is 13.2 Å². The van der Waals surface area contributed by atoms with E-state index in [1.807, 2.05) is 30.5 Å². The van der Waals surface area contributed by atoms with Crippen LogP contribution in [0.5, 0.6) is 0 Å². The Bertz CT molecular complexity index is 863. The summed E-state index contributed by atoms with van der Waals surface area (Å²) >= 11 is 0. The highest BCUT2D eigenvalue weighted by atomic mass is 16.5. The van der Waals surface area contributed by atoms with Crippen LogP contribution in [-0.4, -0.2) is 22.1 Å². The standard InChI is InChI=1S/C20H22N4O2/c1-25-13-16-8-7-15(26-16)11-22-18-5-2-6-19-17(18)12-23-20(24-19)14-4-3-9-21-10-14/h3-4,7-10,12,18,22H,2,5-6,11,13H2,1H3/t18-/m1/s1. The molecular formula is C20H22N4O2. The van der Waals surface area contributed by atoms with Gasteiger partial charge in [0.2, 0.25) is 0 Å². The summed E-state index contributed by atoms with van der Waals surface area (Å²) in [5.74, 6) is 2.50. The van der Waals surface area contributed by atoms with Crippen molar-refractivity contribution >= 4 is 0 Å². The van der Waals surface area contributed by atoms with E-state index in [1.54, 1.807) is 19.5 Å². The molecule has 0 aromatic carbocycles. The van der Waals surface area contributed by atoms with Gasteiger partial charge in [0.25, 0.3) is 0 Å². The van der Waals surface area contributed by atoms with Gasteiger partial charge in [-0.25, -0.2) is 9.97 Å². The summed E-state index contributed by atoms with van der Waals surface area (Å²) in [6.45, 7) is 1.18. The molecule has 0 spiro atoms. The van der Waals surface area contributed by atoms with Gasteiger partial charge in [-0.05, 0) is 43.5 Å². The number of hydrogen-bond acceptors (Lipinski definition) is 6. The molecule has 26 heavy (non-hydrogen) atoms. The zero-order valence-electron chi connectivity index (χ0n) is 14.8. The predicted molar refractivity (Wildman–Crippen MR) is 97.2 cm³/mol. The molecule has 0 saturated heterocycles. The molecule has 0 amide bonds. The lowest BCUT2D eigenvalue weighted by atomic mass is 9.92. The largest absolute Gasteiger partial charge is 0.462 e. The highest BCUT2D eigenvalue weighted by molar-refractivity contribution is 5.53. The monoisotopic (exact) mass is 350 g/mol. The van der Waals surface area contributed by atoms with E-state index in [-0.39, 0.29) is 6.04 Å². The number of ether oxygens (including phenoxy) is 1. The lowest BCUT2D eigenvalue weighted by molar-refractivity contribution is 0.162. The van der Waals surface area contributed by atoms with Crippen molar-refractivity contribution in [1.29, 1.82) is 0 Å². The molecule has 1 aliphatic rings. The summed E-state index contributed by atoms with van der Waals surface area (Å²) in [5.41, 5.74) is 3.27. The lowest BCUT2D eigenvalue weighted by Crippen LogP contribution is -2.25. The van der Waals surface area contributed by atoms with Crippen LogP contribution in [0.25, 0.3) is 11.4 Å². The molecule has 6 heteroatoms. The molecule has 1 N–H and O–H groups in total. The van der Waals surface area contributed by atoms with Crippen LogP contribution in [0, 0.1) is 0 Å². The molecule has 0 fully saturated rings. The summed E-state index contributed by atoms with van der Waals surface area (Å²) in [6.07, 6.45) is 8.70. The van der Waals surface area contributed by atoms with E-state index in [9.17, 15) is 0 Å². The number of methoxy groups -OCH3 is 1. The second kappa shape index (κ2) is 7.76. The molecule has 3 heterocycles. The Morgan fingerprint density at radius 3 is 3.00 bits per heavy atom. The molecular weight excluding hydrogens is 328 g/mol. The van der Waals surface area contributed by atoms with Crippen molar-refractivity contribution in [3.05, 3.63) is 65.6 Å². The summed E-state index contributed by atoms with van der Waals surface area (Å²) < 4.78 is 10.8.